The van der Waals surface area contributed by atoms with Crippen LogP contribution in [0.4, 0.5) is 0 Å². The number of hydrogen-bond acceptors (Lipinski definition) is 19. The number of para-hydroxylation sites is 1. The highest BCUT2D eigenvalue weighted by atomic mass is 32.2. The zero-order valence-electron chi connectivity index (χ0n) is 76.2. The van der Waals surface area contributed by atoms with E-state index in [1.165, 1.54) is 93.6 Å². The molecule has 1 fully saturated rings. The van der Waals surface area contributed by atoms with Crippen molar-refractivity contribution in [3.05, 3.63) is 239 Å². The van der Waals surface area contributed by atoms with Crippen molar-refractivity contribution in [1.82, 2.24) is 77.3 Å². The zero-order valence-corrected chi connectivity index (χ0v) is 78.0. The second kappa shape index (κ2) is 50.7. The third kappa shape index (κ3) is 30.9. The fourth-order valence-corrected chi connectivity index (χ4v) is 16.6. The number of nitrogens with two attached hydrogens (primary N) is 2. The first-order valence-electron chi connectivity index (χ1n) is 44.1. The van der Waals surface area contributed by atoms with Crippen LogP contribution in [0.1, 0.15) is 91.0 Å². The van der Waals surface area contributed by atoms with Crippen LogP contribution in [0.3, 0.4) is 0 Å². The van der Waals surface area contributed by atoms with Crippen LogP contribution in [0, 0.1) is 5.92 Å². The summed E-state index contributed by atoms with van der Waals surface area (Å²) in [6.45, 7) is 2.99. The van der Waals surface area contributed by atoms with Crippen LogP contribution in [0.15, 0.2) is 194 Å². The molecule has 37 heteroatoms. The first-order chi connectivity index (χ1) is 64.0. The lowest BCUT2D eigenvalue weighted by molar-refractivity contribution is -0.151. The van der Waals surface area contributed by atoms with E-state index in [4.69, 9.17) is 11.5 Å². The van der Waals surface area contributed by atoms with E-state index < -0.39 is 204 Å². The smallest absolute Gasteiger partial charge is 0.246 e. The van der Waals surface area contributed by atoms with Crippen molar-refractivity contribution in [1.29, 1.82) is 0 Å². The lowest BCUT2D eigenvalue weighted by Gasteiger charge is -2.37. The first kappa shape index (κ1) is 104. The van der Waals surface area contributed by atoms with Crippen LogP contribution >= 0.6 is 20.6 Å². The van der Waals surface area contributed by atoms with E-state index in [0.717, 1.165) is 26.5 Å². The highest BCUT2D eigenvalue weighted by molar-refractivity contribution is 8.00. The average molecular weight is 1880 g/mol. The van der Waals surface area contributed by atoms with Gasteiger partial charge in [0.15, 0.2) is 0 Å². The van der Waals surface area contributed by atoms with Gasteiger partial charge in [0.1, 0.15) is 78.0 Å². The Bertz CT molecular complexity index is 5430. The van der Waals surface area contributed by atoms with E-state index in [-0.39, 0.29) is 69.4 Å². The number of nitrogens with zero attached hydrogens (tertiary/aromatic N) is 5. The fraction of sp³-hybridized carbons (Fsp3) is 0.381. The molecule has 15 amide bonds. The number of aliphatic hydroxyl groups excluding tert-OH is 1. The molecular formula is C97H120N17O18PS. The summed E-state index contributed by atoms with van der Waals surface area (Å²) >= 11 is 0.822. The standard InChI is InChI=1S/C97H120N17O18PS/c1-9-10-30-78-95(130)111(5)55-83(119)103-74(50-85(121)133)91(126)109-86(58(2)3)97(132)113(7)79(47-60-24-16-12-17-25-60)92(127)107-75(46-64-37-41-68(116)42-38-64)93(128)110(4)54-82(118)102-73(49-66-52-100-70-29-21-20-28-69(66)70)90(125)106-71(44-63-35-39-67(115)40-36-63)88(123)105-72(43-62-31-33-65(51-98)34-32-62)89(124)108-77(87(122)101-53-81(99)117)56-134-57-84(120)104-76(45-59-22-14-11-15-23-59)94(129)114(8)80(96(131)112(78)6)48-61-26-18-13-19-27-61/h11-29,31-42,52,58,71-80,86,100,115-116,121,133H,9-10,30,43-51,53-57,98H2,1-8H3,(H2,99,117)(H,101,122)(H,102,118)(H,103,119)(H,104,120)(H,105,123)(H,106,125)(H,107,127)(H,108,124)(H,109,126)/t71-,72-,73-,74-,75-,76-,77-,78-,79-,80-,86-/m0/s1. The van der Waals surface area contributed by atoms with Gasteiger partial charge in [-0.2, -0.15) is 0 Å². The average Bonchev–Trinajstić information content (AvgIpc) is 1.27. The van der Waals surface area contributed by atoms with Crippen LogP contribution in [-0.4, -0.2) is 272 Å². The van der Waals surface area contributed by atoms with E-state index in [2.05, 4.69) is 61.7 Å². The van der Waals surface area contributed by atoms with Gasteiger partial charge in [-0.25, -0.2) is 0 Å². The van der Waals surface area contributed by atoms with Gasteiger partial charge in [-0.05, 0) is 87.2 Å². The molecule has 0 radical (unpaired) electrons. The van der Waals surface area contributed by atoms with Crippen molar-refractivity contribution in [2.45, 2.75) is 164 Å². The Labute approximate surface area is 784 Å². The third-order valence-electron chi connectivity index (χ3n) is 23.1. The van der Waals surface area contributed by atoms with E-state index in [1.54, 1.807) is 160 Å². The van der Waals surface area contributed by atoms with Gasteiger partial charge in [0.05, 0.1) is 30.9 Å². The maximum Gasteiger partial charge on any atom is 0.246 e. The second-order valence-corrected chi connectivity index (χ2v) is 35.3. The number of carbonyl (C=O) groups is 15. The molecule has 1 aliphatic heterocycles. The molecule has 9 rings (SSSR count). The van der Waals surface area contributed by atoms with Gasteiger partial charge in [-0.15, -0.1) is 11.8 Å². The number of fused-ring (bicyclic) bond motifs is 1. The predicted octanol–water partition coefficient (Wildman–Crippen LogP) is 2.54. The fourth-order valence-electron chi connectivity index (χ4n) is 15.5. The molecule has 1 aliphatic rings. The van der Waals surface area contributed by atoms with Gasteiger partial charge < -0.3 is 104 Å². The number of primary amides is 1. The van der Waals surface area contributed by atoms with Crippen molar-refractivity contribution in [3.63, 3.8) is 0 Å². The number of hydrogen-bond donors (Lipinski definition) is 15. The van der Waals surface area contributed by atoms with Crippen LogP contribution in [-0.2, 0) is 123 Å². The monoisotopic (exact) mass is 1870 g/mol. The van der Waals surface area contributed by atoms with Gasteiger partial charge >= 0.3 is 0 Å². The summed E-state index contributed by atoms with van der Waals surface area (Å²) in [5, 5.41) is 56.7. The second-order valence-electron chi connectivity index (χ2n) is 33.7. The summed E-state index contributed by atoms with van der Waals surface area (Å²) in [7, 11) is 9.74. The minimum Gasteiger partial charge on any atom is -0.508 e. The van der Waals surface area contributed by atoms with Crippen molar-refractivity contribution >= 4 is 126 Å². The lowest BCUT2D eigenvalue weighted by atomic mass is 9.98. The largest absolute Gasteiger partial charge is 0.508 e. The van der Waals surface area contributed by atoms with Gasteiger partial charge in [0, 0.05) is 116 Å². The summed E-state index contributed by atoms with van der Waals surface area (Å²) in [5.41, 5.74) is 15.8. The number of likely N-dealkylation sites (N-methyl/N-ethyl adjacent to an activating group) is 5. The molecule has 1 aromatic heterocycles. The van der Waals surface area contributed by atoms with E-state index in [0.29, 0.717) is 68.3 Å². The first-order valence-corrected chi connectivity index (χ1v) is 45.7. The maximum atomic E-state index is 15.6. The van der Waals surface area contributed by atoms with Crippen LogP contribution in [0.2, 0.25) is 0 Å². The number of nitrogens with one attached hydrogen (secondary N) is 10. The molecule has 712 valence electrons. The molecule has 35 nitrogen and oxygen atoms in total. The number of H-pyrrole nitrogens is 1. The number of thioether (sulfide) groups is 1. The Balaban J connectivity index is 1.13. The molecule has 1 saturated heterocycles. The molecule has 134 heavy (non-hydrogen) atoms. The molecule has 17 N–H and O–H groups in total. The van der Waals surface area contributed by atoms with Gasteiger partial charge in [-0.1, -0.05) is 200 Å². The number of carbonyl (C=O) groups excluding carboxylic acids is 15. The Morgan fingerprint density at radius 3 is 1.39 bits per heavy atom. The Morgan fingerprint density at radius 1 is 0.455 bits per heavy atom. The minimum absolute atomic E-state index is 0.0569. The summed E-state index contributed by atoms with van der Waals surface area (Å²) < 4.78 is 0. The predicted molar refractivity (Wildman–Crippen MR) is 508 cm³/mol. The van der Waals surface area contributed by atoms with Crippen LogP contribution < -0.4 is 59.3 Å². The zero-order chi connectivity index (χ0) is 97.4. The quantitative estimate of drug-likeness (QED) is 0.0387. The number of aromatic amines is 1. The summed E-state index contributed by atoms with van der Waals surface area (Å²) in [6.07, 6.45) is 0.437. The Morgan fingerprint density at radius 2 is 0.873 bits per heavy atom. The summed E-state index contributed by atoms with van der Waals surface area (Å²) in [5.74, 6) is -15.2. The molecular weight excluding hydrogens is 1750 g/mol. The van der Waals surface area contributed by atoms with Gasteiger partial charge in [0.2, 0.25) is 88.6 Å². The van der Waals surface area contributed by atoms with Gasteiger partial charge in [-0.3, -0.25) is 71.9 Å². The molecule has 0 saturated carbocycles. The topological polar surface area (TPSA) is 509 Å². The van der Waals surface area contributed by atoms with Crippen molar-refractivity contribution in [2.24, 2.45) is 17.4 Å². The number of aromatic nitrogens is 1. The van der Waals surface area contributed by atoms with Crippen LogP contribution in [0.25, 0.3) is 10.9 Å². The van der Waals surface area contributed by atoms with Crippen LogP contribution in [0.5, 0.6) is 11.5 Å². The summed E-state index contributed by atoms with van der Waals surface area (Å²) in [4.78, 5) is 233. The van der Waals surface area contributed by atoms with Gasteiger partial charge in [0.25, 0.3) is 0 Å². The normalized spacial score (nSPS) is 21.5. The lowest BCUT2D eigenvalue weighted by Crippen LogP contribution is -2.61. The van der Waals surface area contributed by atoms with E-state index in [9.17, 15) is 44.1 Å². The highest BCUT2D eigenvalue weighted by Crippen LogP contribution is 2.25. The van der Waals surface area contributed by atoms with Crippen molar-refractivity contribution in [2.75, 3.05) is 66.4 Å². The molecule has 2 heterocycles. The number of unbranched alkanes of at least 4 members (excludes halogenated alkanes) is 1. The highest BCUT2D eigenvalue weighted by Gasteiger charge is 2.42. The number of aliphatic hydroxyl groups is 1. The van der Waals surface area contributed by atoms with Crippen molar-refractivity contribution < 1.29 is 87.2 Å². The molecule has 8 aromatic rings. The third-order valence-corrected chi connectivity index (χ3v) is 24.3. The molecule has 7 aromatic carbocycles. The molecule has 11 atom stereocenters. The number of amides is 15. The van der Waals surface area contributed by atoms with E-state index >= 15 is 43.2 Å². The number of phenolic OH excluding ortho intramolecular Hbond substituents is 2. The summed E-state index contributed by atoms with van der Waals surface area (Å²) in [6, 6.07) is 34.4. The SMILES string of the molecule is CCCC[C@H]1C(=O)N(C)CC(=O)N[C@@H](CC(O)=P)C(=O)N[C@@H](C(C)C)C(=O)N(C)[C@@H](Cc2ccccc2)C(=O)N[C@@H](Cc2ccc(O)cc2)C(=O)N(C)CC(=O)N[C@@H](Cc2c[nH]c3ccccc23)C(=O)N[C@@H](Cc2ccc(O)cc2)C(=O)N[C@@H](Cc2ccc(CN)cc2)C(=O)N[C@H](C(=O)NCC(N)=O)CSCC(=O)N[C@@H](Cc2ccccc2)C(=O)N(C)[C@@H](Cc2ccccc2)C(=O)N1C. The maximum absolute atomic E-state index is 15.6. The number of rotatable bonds is 24. The number of benzene rings is 7. The van der Waals surface area contributed by atoms with Crippen molar-refractivity contribution in [3.8, 4) is 11.5 Å². The number of phenols is 2. The molecule has 0 spiro atoms. The minimum atomic E-state index is -1.65. The molecule has 0 bridgehead atoms. The Kier molecular flexibility index (Phi) is 39.3. The number of aromatic hydroxyl groups is 2. The Hall–Kier alpha value is -13.8. The van der Waals surface area contributed by atoms with E-state index in [1.807, 2.05) is 6.92 Å². The molecule has 0 unspecified atom stereocenters. The molecule has 0 aliphatic carbocycles.